The Kier molecular flexibility index (Phi) is 20.8. The van der Waals surface area contributed by atoms with Crippen LogP contribution in [0.5, 0.6) is 0 Å². The highest BCUT2D eigenvalue weighted by Gasteiger charge is 2.38. The van der Waals surface area contributed by atoms with E-state index in [1.165, 1.54) is 85.7 Å². The van der Waals surface area contributed by atoms with Gasteiger partial charge in [-0.05, 0) is 157 Å². The summed E-state index contributed by atoms with van der Waals surface area (Å²) >= 11 is 0. The van der Waals surface area contributed by atoms with E-state index in [0.717, 1.165) is 57.1 Å². The van der Waals surface area contributed by atoms with E-state index in [1.54, 1.807) is 5.57 Å². The second kappa shape index (κ2) is 25.0. The van der Waals surface area contributed by atoms with Crippen molar-refractivity contribution in [3.8, 4) is 12.3 Å². The lowest BCUT2D eigenvalue weighted by atomic mass is 9.67. The van der Waals surface area contributed by atoms with Gasteiger partial charge in [0.15, 0.2) is 0 Å². The molecule has 1 fully saturated rings. The Bertz CT molecular complexity index is 1470. The highest BCUT2D eigenvalue weighted by atomic mass is 15.1. The summed E-state index contributed by atoms with van der Waals surface area (Å²) in [5.41, 5.74) is 9.45. The number of nitrogens with one attached hydrogen (secondary N) is 3. The number of nitrogens with zero attached hydrogens (tertiary/aromatic N) is 1. The van der Waals surface area contributed by atoms with E-state index in [0.29, 0.717) is 23.8 Å². The molecule has 53 heavy (non-hydrogen) atoms. The zero-order chi connectivity index (χ0) is 38.4. The first kappa shape index (κ1) is 44.2. The number of rotatable bonds is 24. The highest BCUT2D eigenvalue weighted by molar-refractivity contribution is 5.31. The molecule has 1 aliphatic heterocycles. The van der Waals surface area contributed by atoms with E-state index < -0.39 is 0 Å². The standard InChI is InChI=1S/C37H49N3.C12H25N/c1-6-28(3)17-20-40(26-33-13-8-11-31(23-33)22-30(7-2)15-10-18-38-5)27-34-14-9-12-32(24-34)25-35-29(4)21-36(35)37-16-19-39-37;1-5-7-12(10-11(2)3)8-6-9-13-4/h1,7-9,11-14,17,21,23-24,30,35-39H,2,10,15-16,18-20,22,25-27H2,3-5H3;12-13H,2,5-10H2,1,3-4H3/b28-17+;/t30?,35?,36?,37-;/m1./s1. The van der Waals surface area contributed by atoms with Gasteiger partial charge in [-0.25, -0.2) is 0 Å². The van der Waals surface area contributed by atoms with Crippen molar-refractivity contribution in [2.45, 2.75) is 111 Å². The van der Waals surface area contributed by atoms with Crippen LogP contribution in [0.3, 0.4) is 0 Å². The molecule has 0 bridgehead atoms. The Labute approximate surface area is 326 Å². The Morgan fingerprint density at radius 1 is 0.981 bits per heavy atom. The fraction of sp³-hybridized carbons (Fsp3) is 0.551. The maximum Gasteiger partial charge on any atom is 0.0240 e. The summed E-state index contributed by atoms with van der Waals surface area (Å²) in [6.45, 7) is 22.8. The van der Waals surface area contributed by atoms with Gasteiger partial charge in [-0.2, -0.15) is 0 Å². The number of terminal acetylenes is 1. The van der Waals surface area contributed by atoms with Crippen LogP contribution in [0.15, 0.2) is 96.6 Å². The molecule has 0 saturated carbocycles. The van der Waals surface area contributed by atoms with Gasteiger partial charge in [0.25, 0.3) is 0 Å². The molecule has 2 aliphatic rings. The lowest BCUT2D eigenvalue weighted by Gasteiger charge is -2.44. The Hall–Kier alpha value is -3.20. The van der Waals surface area contributed by atoms with Crippen LogP contribution in [0.4, 0.5) is 0 Å². The van der Waals surface area contributed by atoms with Crippen LogP contribution < -0.4 is 16.0 Å². The van der Waals surface area contributed by atoms with Crippen LogP contribution in [0, 0.1) is 36.0 Å². The first-order valence-corrected chi connectivity index (χ1v) is 20.7. The molecule has 1 aliphatic carbocycles. The van der Waals surface area contributed by atoms with Crippen LogP contribution in [0.2, 0.25) is 0 Å². The second-order valence-corrected chi connectivity index (χ2v) is 16.0. The van der Waals surface area contributed by atoms with Crippen molar-refractivity contribution in [1.29, 1.82) is 0 Å². The zero-order valence-corrected chi connectivity index (χ0v) is 34.5. The normalized spacial score (nSPS) is 19.2. The molecule has 1 saturated heterocycles. The minimum absolute atomic E-state index is 0.512. The molecule has 0 spiro atoms. The van der Waals surface area contributed by atoms with Crippen molar-refractivity contribution in [2.75, 3.05) is 40.3 Å². The van der Waals surface area contributed by atoms with Gasteiger partial charge in [0.05, 0.1) is 0 Å². The van der Waals surface area contributed by atoms with Crippen LogP contribution in [-0.2, 0) is 25.9 Å². The van der Waals surface area contributed by atoms with Gasteiger partial charge in [-0.3, -0.25) is 4.90 Å². The van der Waals surface area contributed by atoms with Crippen molar-refractivity contribution in [1.82, 2.24) is 20.9 Å². The maximum atomic E-state index is 5.67. The number of allylic oxidation sites excluding steroid dienone is 4. The lowest BCUT2D eigenvalue weighted by Crippen LogP contribution is -2.52. The molecule has 2 aromatic rings. The summed E-state index contributed by atoms with van der Waals surface area (Å²) < 4.78 is 0. The van der Waals surface area contributed by atoms with Gasteiger partial charge >= 0.3 is 0 Å². The molecule has 2 aromatic carbocycles. The molecular weight excluding hydrogens is 645 g/mol. The third-order valence-electron chi connectivity index (χ3n) is 11.2. The second-order valence-electron chi connectivity index (χ2n) is 16.0. The highest BCUT2D eigenvalue weighted by Crippen LogP contribution is 2.40. The quantitative estimate of drug-likeness (QED) is 0.0574. The largest absolute Gasteiger partial charge is 0.320 e. The lowest BCUT2D eigenvalue weighted by molar-refractivity contribution is 0.221. The first-order valence-electron chi connectivity index (χ1n) is 20.7. The van der Waals surface area contributed by atoms with Crippen LogP contribution >= 0.6 is 0 Å². The molecule has 4 rings (SSSR count). The minimum atomic E-state index is 0.512. The van der Waals surface area contributed by atoms with E-state index in [4.69, 9.17) is 6.42 Å². The predicted octanol–water partition coefficient (Wildman–Crippen LogP) is 10.1. The molecule has 0 aromatic heterocycles. The molecule has 1 heterocycles. The Morgan fingerprint density at radius 3 is 2.15 bits per heavy atom. The summed E-state index contributed by atoms with van der Waals surface area (Å²) in [6, 6.07) is 19.1. The topological polar surface area (TPSA) is 39.3 Å². The summed E-state index contributed by atoms with van der Waals surface area (Å²) in [7, 11) is 4.04. The number of hydrogen-bond donors (Lipinski definition) is 3. The molecule has 4 nitrogen and oxygen atoms in total. The van der Waals surface area contributed by atoms with Crippen molar-refractivity contribution in [3.63, 3.8) is 0 Å². The fourth-order valence-electron chi connectivity index (χ4n) is 8.02. The van der Waals surface area contributed by atoms with E-state index in [1.807, 2.05) is 21.0 Å². The first-order chi connectivity index (χ1) is 25.7. The average molecular weight is 719 g/mol. The van der Waals surface area contributed by atoms with Crippen molar-refractivity contribution in [2.24, 2.45) is 23.7 Å². The smallest absolute Gasteiger partial charge is 0.0240 e. The summed E-state index contributed by atoms with van der Waals surface area (Å²) in [5.74, 6) is 5.54. The van der Waals surface area contributed by atoms with Gasteiger partial charge in [0.1, 0.15) is 0 Å². The van der Waals surface area contributed by atoms with Crippen molar-refractivity contribution < 1.29 is 0 Å². The molecular formula is C49H74N4. The molecule has 4 heteroatoms. The third kappa shape index (κ3) is 16.4. The van der Waals surface area contributed by atoms with Crippen LogP contribution in [0.1, 0.15) is 101 Å². The monoisotopic (exact) mass is 719 g/mol. The average Bonchev–Trinajstić information content (AvgIpc) is 3.12. The number of hydrogen-bond acceptors (Lipinski definition) is 4. The summed E-state index contributed by atoms with van der Waals surface area (Å²) in [4.78, 5) is 2.51. The summed E-state index contributed by atoms with van der Waals surface area (Å²) in [5, 5.41) is 10.1. The van der Waals surface area contributed by atoms with Gasteiger partial charge in [-0.15, -0.1) is 19.6 Å². The molecule has 0 radical (unpaired) electrons. The van der Waals surface area contributed by atoms with Crippen LogP contribution in [0.25, 0.3) is 0 Å². The zero-order valence-electron chi connectivity index (χ0n) is 34.5. The van der Waals surface area contributed by atoms with E-state index in [-0.39, 0.29) is 0 Å². The third-order valence-corrected chi connectivity index (χ3v) is 11.2. The van der Waals surface area contributed by atoms with Gasteiger partial charge in [-0.1, -0.05) is 104 Å². The number of benzene rings is 2. The van der Waals surface area contributed by atoms with Crippen LogP contribution in [-0.4, -0.2) is 51.2 Å². The molecule has 0 amide bonds. The van der Waals surface area contributed by atoms with Crippen molar-refractivity contribution in [3.05, 3.63) is 119 Å². The minimum Gasteiger partial charge on any atom is -0.320 e. The summed E-state index contributed by atoms with van der Waals surface area (Å²) in [6.07, 6.45) is 24.8. The molecule has 3 N–H and O–H groups in total. The van der Waals surface area contributed by atoms with Crippen molar-refractivity contribution >= 4 is 0 Å². The molecule has 5 atom stereocenters. The Balaban J connectivity index is 0.000000496. The SMILES string of the molecule is C#C/C(C)=C/CN(Cc1cccc(CC(C=C)CCCNC)c1)Cc1cccc(CC2C(C)=CC2[C@H]2CCN2)c1.C=C(C)CC(CCC)CCCNC. The molecule has 290 valence electrons. The van der Waals surface area contributed by atoms with Gasteiger partial charge in [0, 0.05) is 25.7 Å². The fourth-order valence-corrected chi connectivity index (χ4v) is 8.02. The van der Waals surface area contributed by atoms with Gasteiger partial charge < -0.3 is 16.0 Å². The van der Waals surface area contributed by atoms with E-state index >= 15 is 0 Å². The molecule has 4 unspecified atom stereocenters. The van der Waals surface area contributed by atoms with Gasteiger partial charge in [0.2, 0.25) is 0 Å². The predicted molar refractivity (Wildman–Crippen MR) is 232 cm³/mol. The maximum absolute atomic E-state index is 5.67. The Morgan fingerprint density at radius 2 is 1.60 bits per heavy atom. The van der Waals surface area contributed by atoms with E-state index in [2.05, 4.69) is 127 Å². The van der Waals surface area contributed by atoms with E-state index in [9.17, 15) is 0 Å².